The fourth-order valence-electron chi connectivity index (χ4n) is 4.19. The van der Waals surface area contributed by atoms with Crippen molar-refractivity contribution in [2.24, 2.45) is 0 Å². The minimum Gasteiger partial charge on any atom is -0.489 e. The molecule has 0 saturated carbocycles. The van der Waals surface area contributed by atoms with Gasteiger partial charge in [-0.25, -0.2) is 15.0 Å². The summed E-state index contributed by atoms with van der Waals surface area (Å²) in [6.45, 7) is 5.73. The lowest BCUT2D eigenvalue weighted by Crippen LogP contribution is -2.50. The molecule has 5 rings (SSSR count). The zero-order chi connectivity index (χ0) is 22.5. The smallest absolute Gasteiger partial charge is 0.188 e. The third-order valence-corrected chi connectivity index (χ3v) is 6.57. The van der Waals surface area contributed by atoms with Gasteiger partial charge in [0.05, 0.1) is 43.4 Å². The first-order valence-electron chi connectivity index (χ1n) is 11.5. The van der Waals surface area contributed by atoms with Crippen molar-refractivity contribution in [2.45, 2.75) is 44.4 Å². The van der Waals surface area contributed by atoms with E-state index in [1.165, 1.54) is 11.3 Å². The van der Waals surface area contributed by atoms with E-state index in [9.17, 15) is 0 Å². The molecule has 176 valence electrons. The third-order valence-electron chi connectivity index (χ3n) is 5.88. The van der Waals surface area contributed by atoms with Crippen LogP contribution in [0.5, 0.6) is 11.5 Å². The van der Waals surface area contributed by atoms with Crippen molar-refractivity contribution in [3.63, 3.8) is 0 Å². The summed E-state index contributed by atoms with van der Waals surface area (Å²) in [6.07, 6.45) is 5.90. The number of benzene rings is 1. The van der Waals surface area contributed by atoms with Crippen LogP contribution in [0.2, 0.25) is 0 Å². The summed E-state index contributed by atoms with van der Waals surface area (Å²) in [6, 6.07) is 4.06. The largest absolute Gasteiger partial charge is 0.489 e. The summed E-state index contributed by atoms with van der Waals surface area (Å²) < 4.78 is 24.1. The van der Waals surface area contributed by atoms with Gasteiger partial charge in [-0.15, -0.1) is 11.3 Å². The zero-order valence-corrected chi connectivity index (χ0v) is 19.5. The monoisotopic (exact) mass is 471 g/mol. The van der Waals surface area contributed by atoms with E-state index < -0.39 is 0 Å². The molecule has 10 heteroatoms. The highest BCUT2D eigenvalue weighted by Gasteiger charge is 2.26. The van der Waals surface area contributed by atoms with Crippen LogP contribution < -0.4 is 20.1 Å². The number of anilines is 2. The van der Waals surface area contributed by atoms with Crippen LogP contribution in [0, 0.1) is 0 Å². The molecule has 0 amide bonds. The zero-order valence-electron chi connectivity index (χ0n) is 18.7. The fraction of sp³-hybridized carbons (Fsp3) is 0.522. The molecule has 2 fully saturated rings. The van der Waals surface area contributed by atoms with Crippen molar-refractivity contribution >= 4 is 33.2 Å². The molecule has 4 heterocycles. The van der Waals surface area contributed by atoms with Crippen molar-refractivity contribution in [3.05, 3.63) is 30.0 Å². The quantitative estimate of drug-likeness (QED) is 0.511. The lowest BCUT2D eigenvalue weighted by Gasteiger charge is -2.31. The van der Waals surface area contributed by atoms with Gasteiger partial charge in [-0.2, -0.15) is 0 Å². The Morgan fingerprint density at radius 1 is 1.18 bits per heavy atom. The SMILES string of the molecule is CCC(Oc1cc(OC2CCOCC2)c2c(Nc3nccs3)ncnc2c1)C1COCCN1. The maximum Gasteiger partial charge on any atom is 0.188 e. The Morgan fingerprint density at radius 2 is 2.09 bits per heavy atom. The summed E-state index contributed by atoms with van der Waals surface area (Å²) >= 11 is 1.51. The second-order valence-electron chi connectivity index (χ2n) is 8.13. The van der Waals surface area contributed by atoms with E-state index >= 15 is 0 Å². The summed E-state index contributed by atoms with van der Waals surface area (Å²) in [4.78, 5) is 13.4. The lowest BCUT2D eigenvalue weighted by molar-refractivity contribution is 0.0240. The third kappa shape index (κ3) is 5.35. The van der Waals surface area contributed by atoms with Crippen LogP contribution in [-0.2, 0) is 9.47 Å². The van der Waals surface area contributed by atoms with Gasteiger partial charge in [0.25, 0.3) is 0 Å². The van der Waals surface area contributed by atoms with E-state index in [2.05, 4.69) is 32.5 Å². The first-order chi connectivity index (χ1) is 16.3. The number of rotatable bonds is 8. The predicted molar refractivity (Wildman–Crippen MR) is 127 cm³/mol. The summed E-state index contributed by atoms with van der Waals surface area (Å²) in [7, 11) is 0. The van der Waals surface area contributed by atoms with Crippen LogP contribution in [0.25, 0.3) is 10.9 Å². The van der Waals surface area contributed by atoms with Gasteiger partial charge >= 0.3 is 0 Å². The molecule has 2 aliphatic heterocycles. The molecule has 2 saturated heterocycles. The first-order valence-corrected chi connectivity index (χ1v) is 12.4. The predicted octanol–water partition coefficient (Wildman–Crippen LogP) is 3.53. The van der Waals surface area contributed by atoms with Gasteiger partial charge in [0.2, 0.25) is 0 Å². The second-order valence-corrected chi connectivity index (χ2v) is 9.02. The molecule has 9 nitrogen and oxygen atoms in total. The normalized spacial score (nSPS) is 20.5. The van der Waals surface area contributed by atoms with E-state index in [0.717, 1.165) is 54.2 Å². The molecule has 2 aromatic heterocycles. The summed E-state index contributed by atoms with van der Waals surface area (Å²) in [5.41, 5.74) is 0.756. The maximum absolute atomic E-state index is 6.49. The Balaban J connectivity index is 1.49. The Bertz CT molecular complexity index is 1040. The standard InChI is InChI=1S/C23H29N5O4S/c1-2-19(18-13-30-9-5-24-18)32-16-11-17-21(20(12-16)31-15-3-7-29-8-4-15)22(27-14-26-17)28-23-25-6-10-33-23/h6,10-12,14-15,18-19,24H,2-5,7-9,13H2,1H3,(H,25,26,27,28). The average molecular weight is 472 g/mol. The Labute approximate surface area is 196 Å². The molecule has 2 N–H and O–H groups in total. The topological polar surface area (TPSA) is 99.7 Å². The minimum atomic E-state index is -0.0200. The van der Waals surface area contributed by atoms with E-state index in [1.807, 2.05) is 17.5 Å². The number of nitrogens with zero attached hydrogens (tertiary/aromatic N) is 3. The highest BCUT2D eigenvalue weighted by molar-refractivity contribution is 7.13. The Kier molecular flexibility index (Phi) is 7.15. The van der Waals surface area contributed by atoms with Gasteiger partial charge in [0, 0.05) is 43.1 Å². The number of morpholine rings is 1. The second kappa shape index (κ2) is 10.6. The van der Waals surface area contributed by atoms with Crippen LogP contribution in [0.1, 0.15) is 26.2 Å². The van der Waals surface area contributed by atoms with Gasteiger partial charge in [0.1, 0.15) is 35.9 Å². The molecule has 0 spiro atoms. The summed E-state index contributed by atoms with van der Waals surface area (Å²) in [5, 5.41) is 10.3. The Morgan fingerprint density at radius 3 is 2.85 bits per heavy atom. The molecule has 0 aliphatic carbocycles. The van der Waals surface area contributed by atoms with Crippen molar-refractivity contribution in [1.29, 1.82) is 0 Å². The van der Waals surface area contributed by atoms with E-state index in [-0.39, 0.29) is 18.2 Å². The van der Waals surface area contributed by atoms with Crippen LogP contribution in [0.4, 0.5) is 10.9 Å². The van der Waals surface area contributed by atoms with Crippen molar-refractivity contribution in [1.82, 2.24) is 20.3 Å². The number of thiazole rings is 1. The molecule has 0 radical (unpaired) electrons. The Hall–Kier alpha value is -2.53. The molecule has 2 aliphatic rings. The molecular formula is C23H29N5O4S. The molecule has 33 heavy (non-hydrogen) atoms. The fourth-order valence-corrected chi connectivity index (χ4v) is 4.72. The van der Waals surface area contributed by atoms with Gasteiger partial charge in [-0.1, -0.05) is 6.92 Å². The molecular weight excluding hydrogens is 442 g/mol. The molecule has 1 aromatic carbocycles. The number of ether oxygens (including phenoxy) is 4. The highest BCUT2D eigenvalue weighted by Crippen LogP contribution is 2.37. The first kappa shape index (κ1) is 22.3. The molecule has 2 unspecified atom stereocenters. The number of fused-ring (bicyclic) bond motifs is 1. The van der Waals surface area contributed by atoms with Crippen LogP contribution in [0.15, 0.2) is 30.0 Å². The van der Waals surface area contributed by atoms with Crippen molar-refractivity contribution in [3.8, 4) is 11.5 Å². The molecule has 0 bridgehead atoms. The molecule has 3 aromatic rings. The van der Waals surface area contributed by atoms with Gasteiger partial charge in [0.15, 0.2) is 5.13 Å². The summed E-state index contributed by atoms with van der Waals surface area (Å²) in [5.74, 6) is 2.09. The average Bonchev–Trinajstić information content (AvgIpc) is 3.37. The number of hydrogen-bond acceptors (Lipinski definition) is 10. The van der Waals surface area contributed by atoms with Gasteiger partial charge < -0.3 is 29.6 Å². The van der Waals surface area contributed by atoms with Crippen LogP contribution >= 0.6 is 11.3 Å². The maximum atomic E-state index is 6.49. The van der Waals surface area contributed by atoms with E-state index in [4.69, 9.17) is 18.9 Å². The van der Waals surface area contributed by atoms with Gasteiger partial charge in [-0.3, -0.25) is 0 Å². The number of nitrogens with one attached hydrogen (secondary N) is 2. The number of hydrogen-bond donors (Lipinski definition) is 2. The van der Waals surface area contributed by atoms with E-state index in [1.54, 1.807) is 12.5 Å². The lowest BCUT2D eigenvalue weighted by atomic mass is 10.1. The van der Waals surface area contributed by atoms with Gasteiger partial charge in [-0.05, 0) is 6.42 Å². The molecule has 2 atom stereocenters. The van der Waals surface area contributed by atoms with Crippen molar-refractivity contribution in [2.75, 3.05) is 38.3 Å². The van der Waals surface area contributed by atoms with Crippen LogP contribution in [-0.4, -0.2) is 66.2 Å². The highest BCUT2D eigenvalue weighted by atomic mass is 32.1. The van der Waals surface area contributed by atoms with E-state index in [0.29, 0.717) is 31.4 Å². The van der Waals surface area contributed by atoms with Crippen LogP contribution in [0.3, 0.4) is 0 Å². The minimum absolute atomic E-state index is 0.0200. The van der Waals surface area contributed by atoms with Crippen molar-refractivity contribution < 1.29 is 18.9 Å². The number of aromatic nitrogens is 3.